The first kappa shape index (κ1) is 14.9. The number of hydrogen-bond donors (Lipinski definition) is 1. The minimum Gasteiger partial charge on any atom is -0.384 e. The summed E-state index contributed by atoms with van der Waals surface area (Å²) in [6, 6.07) is 8.34. The predicted molar refractivity (Wildman–Crippen MR) is 80.0 cm³/mol. The molecule has 0 aromatic heterocycles. The van der Waals surface area contributed by atoms with E-state index in [2.05, 4.69) is 39.1 Å². The van der Waals surface area contributed by atoms with Crippen LogP contribution in [-0.2, 0) is 0 Å². The largest absolute Gasteiger partial charge is 0.384 e. The van der Waals surface area contributed by atoms with Crippen LogP contribution in [0.25, 0.3) is 0 Å². The van der Waals surface area contributed by atoms with Crippen molar-refractivity contribution in [2.75, 3.05) is 17.6 Å². The first-order chi connectivity index (χ1) is 8.60. The molecule has 18 heavy (non-hydrogen) atoms. The molecule has 0 saturated heterocycles. The molecule has 0 fully saturated rings. The summed E-state index contributed by atoms with van der Waals surface area (Å²) in [4.78, 5) is 1.07. The van der Waals surface area contributed by atoms with Crippen LogP contribution in [0.3, 0.4) is 0 Å². The van der Waals surface area contributed by atoms with Crippen molar-refractivity contribution in [3.63, 3.8) is 0 Å². The fourth-order valence-corrected chi connectivity index (χ4v) is 2.36. The minimum absolute atomic E-state index is 0.596. The van der Waals surface area contributed by atoms with E-state index in [1.54, 1.807) is 11.8 Å². The Morgan fingerprint density at radius 3 is 2.61 bits per heavy atom. The molecule has 1 unspecified atom stereocenters. The molecule has 1 aromatic rings. The summed E-state index contributed by atoms with van der Waals surface area (Å²) in [5, 5.41) is 12.7. The number of nitriles is 1. The lowest BCUT2D eigenvalue weighted by Gasteiger charge is -2.18. The van der Waals surface area contributed by atoms with Crippen LogP contribution in [0.15, 0.2) is 23.1 Å². The molecule has 0 bridgehead atoms. The Morgan fingerprint density at radius 2 is 2.06 bits per heavy atom. The maximum Gasteiger partial charge on any atom is 0.102 e. The molecule has 1 N–H and O–H groups in total. The van der Waals surface area contributed by atoms with E-state index in [1.807, 2.05) is 18.2 Å². The van der Waals surface area contributed by atoms with Gasteiger partial charge >= 0.3 is 0 Å². The van der Waals surface area contributed by atoms with Gasteiger partial charge in [-0.2, -0.15) is 5.26 Å². The van der Waals surface area contributed by atoms with E-state index < -0.39 is 0 Å². The zero-order valence-electron chi connectivity index (χ0n) is 11.7. The smallest absolute Gasteiger partial charge is 0.102 e. The molecule has 0 aliphatic heterocycles. The van der Waals surface area contributed by atoms with Gasteiger partial charge in [0.2, 0.25) is 0 Å². The van der Waals surface area contributed by atoms with Crippen molar-refractivity contribution in [1.29, 1.82) is 5.26 Å². The number of nitrogens with one attached hydrogen (secondary N) is 1. The second-order valence-electron chi connectivity index (χ2n) is 4.83. The van der Waals surface area contributed by atoms with Crippen LogP contribution in [0.4, 0.5) is 5.69 Å². The molecule has 1 aromatic carbocycles. The van der Waals surface area contributed by atoms with Crippen molar-refractivity contribution >= 4 is 17.4 Å². The van der Waals surface area contributed by atoms with Gasteiger partial charge in [-0.05, 0) is 29.7 Å². The lowest BCUT2D eigenvalue weighted by atomic mass is 9.98. The first-order valence-electron chi connectivity index (χ1n) is 6.49. The average Bonchev–Trinajstić information content (AvgIpc) is 2.36. The van der Waals surface area contributed by atoms with Gasteiger partial charge in [0.05, 0.1) is 11.3 Å². The standard InChI is InChI=1S/C15H22N2S/c1-5-18-15-8-6-7-14(13(15)9-16)17-10-12(4)11(2)3/h6-8,11-12,17H,5,10H2,1-4H3. The normalized spacial score (nSPS) is 12.2. The molecule has 3 heteroatoms. The van der Waals surface area contributed by atoms with Gasteiger partial charge in [-0.3, -0.25) is 0 Å². The summed E-state index contributed by atoms with van der Waals surface area (Å²) in [5.41, 5.74) is 1.74. The number of thioether (sulfide) groups is 1. The molecule has 2 nitrogen and oxygen atoms in total. The molecule has 1 atom stereocenters. The van der Waals surface area contributed by atoms with Crippen molar-refractivity contribution in [2.24, 2.45) is 11.8 Å². The summed E-state index contributed by atoms with van der Waals surface area (Å²) in [6.07, 6.45) is 0. The molecule has 0 saturated carbocycles. The van der Waals surface area contributed by atoms with Gasteiger partial charge in [0.1, 0.15) is 6.07 Å². The predicted octanol–water partition coefficient (Wildman–Crippen LogP) is 4.37. The van der Waals surface area contributed by atoms with Crippen LogP contribution in [0.1, 0.15) is 33.3 Å². The Labute approximate surface area is 115 Å². The summed E-state index contributed by atoms with van der Waals surface area (Å²) < 4.78 is 0. The van der Waals surface area contributed by atoms with E-state index in [1.165, 1.54) is 0 Å². The first-order valence-corrected chi connectivity index (χ1v) is 7.48. The Balaban J connectivity index is 2.83. The molecule has 0 radical (unpaired) electrons. The number of benzene rings is 1. The molecular formula is C15H22N2S. The van der Waals surface area contributed by atoms with Gasteiger partial charge in [0, 0.05) is 11.4 Å². The highest BCUT2D eigenvalue weighted by Crippen LogP contribution is 2.28. The van der Waals surface area contributed by atoms with Crippen molar-refractivity contribution in [3.05, 3.63) is 23.8 Å². The third-order valence-corrected chi connectivity index (χ3v) is 4.13. The van der Waals surface area contributed by atoms with Crippen LogP contribution in [0, 0.1) is 23.2 Å². The van der Waals surface area contributed by atoms with Crippen LogP contribution in [0.2, 0.25) is 0 Å². The Hall–Kier alpha value is -1.14. The monoisotopic (exact) mass is 262 g/mol. The SMILES string of the molecule is CCSc1cccc(NCC(C)C(C)C)c1C#N. The zero-order valence-corrected chi connectivity index (χ0v) is 12.5. The minimum atomic E-state index is 0.596. The third kappa shape index (κ3) is 3.96. The molecule has 0 aliphatic carbocycles. The van der Waals surface area contributed by atoms with E-state index in [-0.39, 0.29) is 0 Å². The van der Waals surface area contributed by atoms with Crippen LogP contribution in [0.5, 0.6) is 0 Å². The Kier molecular flexibility index (Phi) is 6.07. The summed E-state index contributed by atoms with van der Waals surface area (Å²) in [6.45, 7) is 9.69. The van der Waals surface area contributed by atoms with E-state index in [0.717, 1.165) is 28.4 Å². The van der Waals surface area contributed by atoms with Gasteiger partial charge in [0.25, 0.3) is 0 Å². The number of nitrogens with zero attached hydrogens (tertiary/aromatic N) is 1. The van der Waals surface area contributed by atoms with Crippen molar-refractivity contribution in [3.8, 4) is 6.07 Å². The molecule has 98 valence electrons. The van der Waals surface area contributed by atoms with E-state index in [4.69, 9.17) is 0 Å². The fourth-order valence-electron chi connectivity index (χ4n) is 1.58. The van der Waals surface area contributed by atoms with Crippen LogP contribution in [-0.4, -0.2) is 12.3 Å². The second-order valence-corrected chi connectivity index (χ2v) is 6.13. The van der Waals surface area contributed by atoms with Gasteiger partial charge in [-0.15, -0.1) is 11.8 Å². The summed E-state index contributed by atoms with van der Waals surface area (Å²) >= 11 is 1.72. The molecule has 1 rings (SSSR count). The highest BCUT2D eigenvalue weighted by Gasteiger charge is 2.10. The van der Waals surface area contributed by atoms with E-state index in [0.29, 0.717) is 11.8 Å². The summed E-state index contributed by atoms with van der Waals surface area (Å²) in [5.74, 6) is 2.23. The van der Waals surface area contributed by atoms with Gasteiger partial charge in [-0.1, -0.05) is 33.8 Å². The Morgan fingerprint density at radius 1 is 1.33 bits per heavy atom. The molecule has 0 aliphatic rings. The molecule has 0 spiro atoms. The number of hydrogen-bond acceptors (Lipinski definition) is 3. The number of rotatable bonds is 6. The summed E-state index contributed by atoms with van der Waals surface area (Å²) in [7, 11) is 0. The maximum atomic E-state index is 9.30. The second kappa shape index (κ2) is 7.33. The lowest BCUT2D eigenvalue weighted by Crippen LogP contribution is -2.16. The highest BCUT2D eigenvalue weighted by molar-refractivity contribution is 7.99. The van der Waals surface area contributed by atoms with Gasteiger partial charge in [0.15, 0.2) is 0 Å². The molecular weight excluding hydrogens is 240 g/mol. The lowest BCUT2D eigenvalue weighted by molar-refractivity contribution is 0.439. The average molecular weight is 262 g/mol. The van der Waals surface area contributed by atoms with E-state index in [9.17, 15) is 5.26 Å². The number of anilines is 1. The van der Waals surface area contributed by atoms with Gasteiger partial charge in [-0.25, -0.2) is 0 Å². The van der Waals surface area contributed by atoms with Crippen molar-refractivity contribution in [2.45, 2.75) is 32.6 Å². The third-order valence-electron chi connectivity index (χ3n) is 3.19. The van der Waals surface area contributed by atoms with Crippen molar-refractivity contribution in [1.82, 2.24) is 0 Å². The molecule has 0 heterocycles. The van der Waals surface area contributed by atoms with Crippen molar-refractivity contribution < 1.29 is 0 Å². The van der Waals surface area contributed by atoms with Gasteiger partial charge < -0.3 is 5.32 Å². The van der Waals surface area contributed by atoms with Crippen LogP contribution < -0.4 is 5.32 Å². The highest BCUT2D eigenvalue weighted by atomic mass is 32.2. The quantitative estimate of drug-likeness (QED) is 0.773. The molecule has 0 amide bonds. The Bertz CT molecular complexity index is 421. The fraction of sp³-hybridized carbons (Fsp3) is 0.533. The van der Waals surface area contributed by atoms with Crippen LogP contribution >= 0.6 is 11.8 Å². The zero-order chi connectivity index (χ0) is 13.5. The topological polar surface area (TPSA) is 35.8 Å². The maximum absolute atomic E-state index is 9.30. The van der Waals surface area contributed by atoms with E-state index >= 15 is 0 Å².